The number of nitrogens with zero attached hydrogens (tertiary/aromatic N) is 1. The fourth-order valence-corrected chi connectivity index (χ4v) is 3.10. The summed E-state index contributed by atoms with van der Waals surface area (Å²) in [7, 11) is 1.76. The van der Waals surface area contributed by atoms with Crippen LogP contribution in [0.1, 0.15) is 28.4 Å². The van der Waals surface area contributed by atoms with E-state index in [-0.39, 0.29) is 5.91 Å². The second-order valence-electron chi connectivity index (χ2n) is 6.52. The third-order valence-corrected chi connectivity index (χ3v) is 4.60. The molecule has 0 bridgehead atoms. The molecule has 6 heteroatoms. The van der Waals surface area contributed by atoms with E-state index in [1.165, 1.54) is 10.9 Å². The molecule has 0 aliphatic rings. The Morgan fingerprint density at radius 1 is 1.04 bits per heavy atom. The normalized spacial score (nSPS) is 11.4. The summed E-state index contributed by atoms with van der Waals surface area (Å²) in [6.45, 7) is 3.97. The fraction of sp³-hybridized carbons (Fsp3) is 0.273. The van der Waals surface area contributed by atoms with Gasteiger partial charge in [0.05, 0.1) is 0 Å². The van der Waals surface area contributed by atoms with Crippen molar-refractivity contribution >= 4 is 22.8 Å². The van der Waals surface area contributed by atoms with Crippen LogP contribution in [0, 0.1) is 0 Å². The van der Waals surface area contributed by atoms with Crippen molar-refractivity contribution in [2.75, 3.05) is 20.1 Å². The second kappa shape index (κ2) is 9.60. The van der Waals surface area contributed by atoms with E-state index < -0.39 is 0 Å². The highest BCUT2D eigenvalue weighted by molar-refractivity contribution is 5.94. The molecule has 4 N–H and O–H groups in total. The number of benzene rings is 2. The standard InChI is InChI=1S/C22H27N5O/c1-3-24-21(28)17-10-8-16(9-11-17)14-27-22(23-2)25-13-12-18-15-26-20-7-5-4-6-19(18)20/h4-11,15,26H,3,12-14H2,1-2H3,(H,24,28)(H2,23,25,27). The molecule has 1 heterocycles. The Bertz CT molecular complexity index is 943. The van der Waals surface area contributed by atoms with Crippen LogP contribution in [-0.2, 0) is 13.0 Å². The smallest absolute Gasteiger partial charge is 0.251 e. The number of nitrogens with one attached hydrogen (secondary N) is 4. The number of carbonyl (C=O) groups excluding carboxylic acids is 1. The van der Waals surface area contributed by atoms with E-state index in [2.05, 4.69) is 50.3 Å². The minimum atomic E-state index is -0.0447. The number of guanidine groups is 1. The number of aromatic amines is 1. The molecule has 2 aromatic carbocycles. The van der Waals surface area contributed by atoms with Gasteiger partial charge in [-0.3, -0.25) is 9.79 Å². The Morgan fingerprint density at radius 3 is 2.57 bits per heavy atom. The average Bonchev–Trinajstić information content (AvgIpc) is 3.14. The first-order chi connectivity index (χ1) is 13.7. The molecule has 6 nitrogen and oxygen atoms in total. The molecule has 0 fully saturated rings. The molecule has 146 valence electrons. The van der Waals surface area contributed by atoms with Gasteiger partial charge in [0.2, 0.25) is 0 Å². The monoisotopic (exact) mass is 377 g/mol. The molecule has 0 aliphatic carbocycles. The Morgan fingerprint density at radius 2 is 1.82 bits per heavy atom. The van der Waals surface area contributed by atoms with Gasteiger partial charge in [-0.2, -0.15) is 0 Å². The minimum absolute atomic E-state index is 0.0447. The van der Waals surface area contributed by atoms with Crippen molar-refractivity contribution in [3.63, 3.8) is 0 Å². The zero-order valence-electron chi connectivity index (χ0n) is 16.4. The number of hydrogen-bond donors (Lipinski definition) is 4. The van der Waals surface area contributed by atoms with Gasteiger partial charge in [0, 0.05) is 49.3 Å². The molecule has 3 aromatic rings. The van der Waals surface area contributed by atoms with Gasteiger partial charge in [-0.25, -0.2) is 0 Å². The van der Waals surface area contributed by atoms with Crippen LogP contribution >= 0.6 is 0 Å². The Balaban J connectivity index is 1.47. The maximum atomic E-state index is 11.8. The van der Waals surface area contributed by atoms with Gasteiger partial charge >= 0.3 is 0 Å². The van der Waals surface area contributed by atoms with Gasteiger partial charge in [0.15, 0.2) is 5.96 Å². The van der Waals surface area contributed by atoms with E-state index in [0.717, 1.165) is 30.0 Å². The average molecular weight is 377 g/mol. The molecule has 28 heavy (non-hydrogen) atoms. The summed E-state index contributed by atoms with van der Waals surface area (Å²) in [6, 6.07) is 15.9. The van der Waals surface area contributed by atoms with Crippen molar-refractivity contribution in [1.82, 2.24) is 20.9 Å². The second-order valence-corrected chi connectivity index (χ2v) is 6.52. The maximum Gasteiger partial charge on any atom is 0.251 e. The molecule has 0 saturated carbocycles. The molecule has 0 radical (unpaired) electrons. The number of H-pyrrole nitrogens is 1. The summed E-state index contributed by atoms with van der Waals surface area (Å²) in [4.78, 5) is 19.4. The number of aromatic nitrogens is 1. The zero-order valence-corrected chi connectivity index (χ0v) is 16.4. The third kappa shape index (κ3) is 4.91. The largest absolute Gasteiger partial charge is 0.361 e. The highest BCUT2D eigenvalue weighted by Gasteiger charge is 2.05. The topological polar surface area (TPSA) is 81.3 Å². The lowest BCUT2D eigenvalue weighted by Gasteiger charge is -2.12. The number of aliphatic imine (C=N–C) groups is 1. The van der Waals surface area contributed by atoms with Crippen LogP contribution in [0.5, 0.6) is 0 Å². The lowest BCUT2D eigenvalue weighted by atomic mass is 10.1. The maximum absolute atomic E-state index is 11.8. The van der Waals surface area contributed by atoms with Crippen molar-refractivity contribution in [3.8, 4) is 0 Å². The highest BCUT2D eigenvalue weighted by Crippen LogP contribution is 2.17. The van der Waals surface area contributed by atoms with E-state index in [1.807, 2.05) is 37.3 Å². The van der Waals surface area contributed by atoms with Gasteiger partial charge < -0.3 is 20.9 Å². The molecule has 1 amide bonds. The molecular weight excluding hydrogens is 350 g/mol. The summed E-state index contributed by atoms with van der Waals surface area (Å²) >= 11 is 0. The van der Waals surface area contributed by atoms with Gasteiger partial charge in [-0.1, -0.05) is 30.3 Å². The summed E-state index contributed by atoms with van der Waals surface area (Å²) in [5, 5.41) is 10.7. The molecular formula is C22H27N5O. The van der Waals surface area contributed by atoms with Crippen LogP contribution in [0.15, 0.2) is 59.7 Å². The number of rotatable bonds is 7. The van der Waals surface area contributed by atoms with E-state index in [9.17, 15) is 4.79 Å². The number of amides is 1. The van der Waals surface area contributed by atoms with E-state index in [1.54, 1.807) is 7.05 Å². The van der Waals surface area contributed by atoms with Gasteiger partial charge in [-0.05, 0) is 42.7 Å². The molecule has 0 unspecified atom stereocenters. The number of fused-ring (bicyclic) bond motifs is 1. The predicted octanol–water partition coefficient (Wildman–Crippen LogP) is 2.83. The van der Waals surface area contributed by atoms with Crippen LogP contribution in [0.4, 0.5) is 0 Å². The van der Waals surface area contributed by atoms with Crippen LogP contribution in [0.2, 0.25) is 0 Å². The molecule has 0 aliphatic heterocycles. The Hall–Kier alpha value is -3.28. The van der Waals surface area contributed by atoms with Crippen LogP contribution < -0.4 is 16.0 Å². The zero-order chi connectivity index (χ0) is 19.8. The van der Waals surface area contributed by atoms with Crippen LogP contribution in [-0.4, -0.2) is 37.0 Å². The Labute approximate surface area is 165 Å². The number of para-hydroxylation sites is 1. The SMILES string of the molecule is CCNC(=O)c1ccc(CNC(=NC)NCCc2c[nH]c3ccccc23)cc1. The van der Waals surface area contributed by atoms with Gasteiger partial charge in [0.25, 0.3) is 5.91 Å². The first-order valence-electron chi connectivity index (χ1n) is 9.58. The minimum Gasteiger partial charge on any atom is -0.361 e. The summed E-state index contributed by atoms with van der Waals surface area (Å²) in [5.41, 5.74) is 4.22. The van der Waals surface area contributed by atoms with Crippen molar-refractivity contribution in [1.29, 1.82) is 0 Å². The van der Waals surface area contributed by atoms with E-state index in [0.29, 0.717) is 18.7 Å². The molecule has 0 atom stereocenters. The van der Waals surface area contributed by atoms with E-state index >= 15 is 0 Å². The van der Waals surface area contributed by atoms with Gasteiger partial charge in [0.1, 0.15) is 0 Å². The van der Waals surface area contributed by atoms with Crippen molar-refractivity contribution < 1.29 is 4.79 Å². The Kier molecular flexibility index (Phi) is 6.68. The summed E-state index contributed by atoms with van der Waals surface area (Å²) in [5.74, 6) is 0.712. The first kappa shape index (κ1) is 19.5. The lowest BCUT2D eigenvalue weighted by molar-refractivity contribution is 0.0956. The molecule has 3 rings (SSSR count). The van der Waals surface area contributed by atoms with Crippen molar-refractivity contribution in [2.45, 2.75) is 19.9 Å². The molecule has 0 spiro atoms. The molecule has 0 saturated heterocycles. The molecule has 1 aromatic heterocycles. The third-order valence-electron chi connectivity index (χ3n) is 4.60. The summed E-state index contributed by atoms with van der Waals surface area (Å²) in [6.07, 6.45) is 2.98. The fourth-order valence-electron chi connectivity index (χ4n) is 3.10. The van der Waals surface area contributed by atoms with Crippen molar-refractivity contribution in [2.24, 2.45) is 4.99 Å². The number of hydrogen-bond acceptors (Lipinski definition) is 2. The van der Waals surface area contributed by atoms with Crippen LogP contribution in [0.3, 0.4) is 0 Å². The summed E-state index contributed by atoms with van der Waals surface area (Å²) < 4.78 is 0. The number of carbonyl (C=O) groups is 1. The predicted molar refractivity (Wildman–Crippen MR) is 115 cm³/mol. The van der Waals surface area contributed by atoms with E-state index in [4.69, 9.17) is 0 Å². The lowest BCUT2D eigenvalue weighted by Crippen LogP contribution is -2.37. The quantitative estimate of drug-likeness (QED) is 0.378. The van der Waals surface area contributed by atoms with Crippen molar-refractivity contribution in [3.05, 3.63) is 71.4 Å². The highest BCUT2D eigenvalue weighted by atomic mass is 16.1. The van der Waals surface area contributed by atoms with Crippen LogP contribution in [0.25, 0.3) is 10.9 Å². The first-order valence-corrected chi connectivity index (χ1v) is 9.58. The van der Waals surface area contributed by atoms with Gasteiger partial charge in [-0.15, -0.1) is 0 Å².